The third-order valence-corrected chi connectivity index (χ3v) is 18.0. The van der Waals surface area contributed by atoms with Crippen LogP contribution >= 0.6 is 68.5 Å². The van der Waals surface area contributed by atoms with Gasteiger partial charge in [0.1, 0.15) is 0 Å². The monoisotopic (exact) mass is 898 g/mol. The molecule has 0 radical (unpaired) electrons. The first kappa shape index (κ1) is 48.2. The Bertz CT molecular complexity index is 1700. The highest BCUT2D eigenvalue weighted by Crippen LogP contribution is 2.50. The maximum absolute atomic E-state index is 6.89. The van der Waals surface area contributed by atoms with Crippen LogP contribution in [0.5, 0.6) is 0 Å². The largest absolute Gasteiger partial charge is 0.138 e. The normalized spacial score (nSPS) is 12.0. The third-order valence-electron chi connectivity index (χ3n) is 12.3. The molecule has 5 aromatic rings. The molecule has 5 rings (SSSR count). The number of hydrogen-bond acceptors (Lipinski definition) is 4. The van der Waals surface area contributed by atoms with Crippen molar-refractivity contribution in [3.05, 3.63) is 55.2 Å². The van der Waals surface area contributed by atoms with Crippen LogP contribution in [0.1, 0.15) is 215 Å². The van der Waals surface area contributed by atoms with Crippen LogP contribution in [0.15, 0.2) is 24.3 Å². The minimum Gasteiger partial charge on any atom is -0.138 e. The molecule has 0 spiro atoms. The summed E-state index contributed by atoms with van der Waals surface area (Å²) >= 11 is 21.5. The molecule has 0 bridgehead atoms. The van der Waals surface area contributed by atoms with E-state index in [4.69, 9.17) is 23.2 Å². The summed E-state index contributed by atoms with van der Waals surface area (Å²) in [4.78, 5) is 7.76. The van der Waals surface area contributed by atoms with Crippen molar-refractivity contribution in [3.63, 3.8) is 0 Å². The van der Waals surface area contributed by atoms with Gasteiger partial charge in [0.2, 0.25) is 0 Å². The number of halogens is 2. The Hall–Kier alpha value is -0.880. The molecule has 0 aliphatic carbocycles. The first-order valence-electron chi connectivity index (χ1n) is 23.9. The molecule has 0 aliphatic heterocycles. The average molecular weight is 900 g/mol. The average Bonchev–Trinajstić information content (AvgIpc) is 4.00. The Balaban J connectivity index is 1.24. The third kappa shape index (κ3) is 15.2. The van der Waals surface area contributed by atoms with E-state index in [-0.39, 0.29) is 0 Å². The molecule has 0 saturated heterocycles. The number of hydrogen-bond donors (Lipinski definition) is 0. The summed E-state index contributed by atoms with van der Waals surface area (Å²) in [5, 5.41) is 4.80. The molecular formula is C52H76Cl2S4. The van der Waals surface area contributed by atoms with Gasteiger partial charge in [-0.2, -0.15) is 0 Å². The van der Waals surface area contributed by atoms with Crippen LogP contribution in [0.4, 0.5) is 0 Å². The zero-order chi connectivity index (χ0) is 41.0. The Morgan fingerprint density at radius 1 is 0.362 bits per heavy atom. The summed E-state index contributed by atoms with van der Waals surface area (Å²) in [7, 11) is 0. The van der Waals surface area contributed by atoms with E-state index in [0.717, 1.165) is 22.9 Å². The molecule has 0 saturated carbocycles. The summed E-state index contributed by atoms with van der Waals surface area (Å²) in [6.07, 6.45) is 41.4. The number of rotatable bonds is 32. The van der Waals surface area contributed by atoms with Crippen LogP contribution in [-0.4, -0.2) is 0 Å². The smallest absolute Gasteiger partial charge is 0.0632 e. The van der Waals surface area contributed by atoms with Crippen molar-refractivity contribution in [1.29, 1.82) is 0 Å². The van der Waals surface area contributed by atoms with Gasteiger partial charge >= 0.3 is 0 Å². The summed E-state index contributed by atoms with van der Waals surface area (Å²) < 4.78 is 3.02. The van der Waals surface area contributed by atoms with Crippen molar-refractivity contribution in [1.82, 2.24) is 0 Å². The van der Waals surface area contributed by atoms with Crippen LogP contribution in [-0.2, 0) is 12.8 Å². The van der Waals surface area contributed by atoms with E-state index in [9.17, 15) is 0 Å². The van der Waals surface area contributed by atoms with Crippen LogP contribution in [0.2, 0.25) is 10.0 Å². The van der Waals surface area contributed by atoms with Gasteiger partial charge in [0.25, 0.3) is 0 Å². The predicted octanol–water partition coefficient (Wildman–Crippen LogP) is 21.5. The minimum atomic E-state index is 0.905. The molecule has 6 heteroatoms. The van der Waals surface area contributed by atoms with E-state index in [1.165, 1.54) is 229 Å². The topological polar surface area (TPSA) is 0 Å². The molecule has 4 aromatic heterocycles. The Kier molecular flexibility index (Phi) is 22.6. The van der Waals surface area contributed by atoms with Crippen molar-refractivity contribution in [2.75, 3.05) is 0 Å². The Labute approximate surface area is 380 Å². The lowest BCUT2D eigenvalue weighted by molar-refractivity contribution is 0.535. The molecule has 0 atom stereocenters. The predicted molar refractivity (Wildman–Crippen MR) is 271 cm³/mol. The maximum atomic E-state index is 6.89. The highest BCUT2D eigenvalue weighted by atomic mass is 35.5. The standard InChI is InChI=1S/C52H76Cl2S4/c1-5-7-9-11-13-15-17-19-21-23-25-27-29-31-33-41-43-37-47(51-45(53)35-39(3)55-51)58-50(43)42(44-38-48(57-49(41)44)52-46(54)36-40(4)56-52)34-32-30-28-26-24-22-20-18-16-14-12-10-8-6-2/h35-38H,5-34H2,1-4H3. The first-order chi connectivity index (χ1) is 28.4. The number of aryl methyl sites for hydroxylation is 4. The van der Waals surface area contributed by atoms with Gasteiger partial charge in [0, 0.05) is 28.9 Å². The Morgan fingerprint density at radius 3 is 0.897 bits per heavy atom. The van der Waals surface area contributed by atoms with Crippen LogP contribution in [0.3, 0.4) is 0 Å². The lowest BCUT2D eigenvalue weighted by Crippen LogP contribution is -1.93. The van der Waals surface area contributed by atoms with E-state index >= 15 is 0 Å². The van der Waals surface area contributed by atoms with Gasteiger partial charge in [-0.3, -0.25) is 0 Å². The zero-order valence-corrected chi connectivity index (χ0v) is 41.7. The molecule has 0 N–H and O–H groups in total. The summed E-state index contributed by atoms with van der Waals surface area (Å²) in [6.45, 7) is 8.99. The van der Waals surface area contributed by atoms with E-state index in [2.05, 4.69) is 52.0 Å². The highest BCUT2D eigenvalue weighted by Gasteiger charge is 2.22. The quantitative estimate of drug-likeness (QED) is 0.0377. The van der Waals surface area contributed by atoms with Gasteiger partial charge in [-0.25, -0.2) is 0 Å². The molecule has 0 aliphatic rings. The maximum Gasteiger partial charge on any atom is 0.0632 e. The van der Waals surface area contributed by atoms with Gasteiger partial charge in [0.15, 0.2) is 0 Å². The fourth-order valence-corrected chi connectivity index (χ4v) is 14.5. The second-order valence-electron chi connectivity index (χ2n) is 17.4. The van der Waals surface area contributed by atoms with Crippen LogP contribution in [0.25, 0.3) is 39.7 Å². The van der Waals surface area contributed by atoms with Gasteiger partial charge in [-0.05, 0) is 85.7 Å². The first-order valence-corrected chi connectivity index (χ1v) is 28.0. The molecular weight excluding hydrogens is 824 g/mol. The Morgan fingerprint density at radius 2 is 0.638 bits per heavy atom. The minimum absolute atomic E-state index is 0.905. The van der Waals surface area contributed by atoms with Crippen molar-refractivity contribution in [2.24, 2.45) is 0 Å². The molecule has 0 amide bonds. The van der Waals surface area contributed by atoms with Gasteiger partial charge in [-0.15, -0.1) is 45.3 Å². The lowest BCUT2D eigenvalue weighted by atomic mass is 9.94. The van der Waals surface area contributed by atoms with Crippen molar-refractivity contribution >= 4 is 88.7 Å². The molecule has 322 valence electrons. The van der Waals surface area contributed by atoms with Crippen molar-refractivity contribution < 1.29 is 0 Å². The zero-order valence-electron chi connectivity index (χ0n) is 36.9. The number of fused-ring (bicyclic) bond motifs is 2. The second-order valence-corrected chi connectivity index (χ2v) is 22.9. The lowest BCUT2D eigenvalue weighted by Gasteiger charge is -2.12. The van der Waals surface area contributed by atoms with E-state index in [1.807, 2.05) is 45.3 Å². The number of benzene rings is 1. The SMILES string of the molecule is CCCCCCCCCCCCCCCCc1c2cc(-c3sc(C)cc3Cl)sc2c(CCCCCCCCCCCCCCCC)c2cc(-c3sc(C)cc3Cl)sc12. The van der Waals surface area contributed by atoms with E-state index in [1.54, 1.807) is 11.1 Å². The van der Waals surface area contributed by atoms with E-state index in [0.29, 0.717) is 0 Å². The molecule has 4 heterocycles. The molecule has 0 nitrogen and oxygen atoms in total. The number of thiophene rings is 4. The van der Waals surface area contributed by atoms with E-state index < -0.39 is 0 Å². The molecule has 0 fully saturated rings. The number of unbranched alkanes of at least 4 members (excludes halogenated alkanes) is 26. The summed E-state index contributed by atoms with van der Waals surface area (Å²) in [5.41, 5.74) is 3.14. The highest BCUT2D eigenvalue weighted by molar-refractivity contribution is 7.28. The van der Waals surface area contributed by atoms with Gasteiger partial charge in [-0.1, -0.05) is 204 Å². The van der Waals surface area contributed by atoms with Gasteiger partial charge < -0.3 is 0 Å². The van der Waals surface area contributed by atoms with Gasteiger partial charge in [0.05, 0.1) is 19.8 Å². The summed E-state index contributed by atoms with van der Waals surface area (Å²) in [5.74, 6) is 0. The van der Waals surface area contributed by atoms with Crippen LogP contribution in [0, 0.1) is 13.8 Å². The van der Waals surface area contributed by atoms with Crippen molar-refractivity contribution in [3.8, 4) is 19.5 Å². The van der Waals surface area contributed by atoms with Crippen LogP contribution < -0.4 is 0 Å². The molecule has 58 heavy (non-hydrogen) atoms. The van der Waals surface area contributed by atoms with Crippen molar-refractivity contribution in [2.45, 2.75) is 220 Å². The second kappa shape index (κ2) is 27.2. The molecule has 0 unspecified atom stereocenters. The molecule has 1 aromatic carbocycles. The summed E-state index contributed by atoms with van der Waals surface area (Å²) in [6, 6.07) is 9.33. The fourth-order valence-electron chi connectivity index (χ4n) is 8.94. The fraction of sp³-hybridized carbons (Fsp3) is 0.654.